The van der Waals surface area contributed by atoms with Crippen molar-refractivity contribution in [3.8, 4) is 23.7 Å². The molecule has 1 saturated heterocycles. The smallest absolute Gasteiger partial charge is 0.123 e. The highest BCUT2D eigenvalue weighted by atomic mass is 16.5. The summed E-state index contributed by atoms with van der Waals surface area (Å²) in [6.45, 7) is 16.9. The predicted molar refractivity (Wildman–Crippen MR) is 161 cm³/mol. The highest BCUT2D eigenvalue weighted by Gasteiger charge is 2.18. The van der Waals surface area contributed by atoms with Gasteiger partial charge in [-0.05, 0) is 38.8 Å². The third-order valence-corrected chi connectivity index (χ3v) is 6.45. The quantitative estimate of drug-likeness (QED) is 0.254. The summed E-state index contributed by atoms with van der Waals surface area (Å²) in [7, 11) is 0. The van der Waals surface area contributed by atoms with Gasteiger partial charge in [0, 0.05) is 26.2 Å². The van der Waals surface area contributed by atoms with Gasteiger partial charge in [-0.25, -0.2) is 0 Å². The molecule has 0 saturated carbocycles. The van der Waals surface area contributed by atoms with E-state index < -0.39 is 11.2 Å². The molecule has 1 aliphatic rings. The lowest BCUT2D eigenvalue weighted by atomic mass is 10.1. The lowest BCUT2D eigenvalue weighted by Crippen LogP contribution is -2.46. The number of benzene rings is 2. The number of hydrogen-bond acceptors (Lipinski definition) is 6. The number of piperazine rings is 1. The van der Waals surface area contributed by atoms with E-state index in [0.717, 1.165) is 39.3 Å². The molecule has 0 aliphatic carbocycles. The molecule has 0 amide bonds. The molecule has 6 heteroatoms. The summed E-state index contributed by atoms with van der Waals surface area (Å²) in [4.78, 5) is 4.77. The first-order chi connectivity index (χ1) is 19.3. The second-order valence-electron chi connectivity index (χ2n) is 10.9. The van der Waals surface area contributed by atoms with Crippen molar-refractivity contribution in [3.05, 3.63) is 71.8 Å². The van der Waals surface area contributed by atoms with Crippen LogP contribution in [0.25, 0.3) is 0 Å². The molecule has 0 radical (unpaired) electrons. The number of ether oxygens (including phenoxy) is 4. The molecule has 40 heavy (non-hydrogen) atoms. The summed E-state index contributed by atoms with van der Waals surface area (Å²) in [5.74, 6) is 13.2. The van der Waals surface area contributed by atoms with E-state index in [4.69, 9.17) is 18.9 Å². The summed E-state index contributed by atoms with van der Waals surface area (Å²) in [5.41, 5.74) is 1.36. The second-order valence-corrected chi connectivity index (χ2v) is 10.9. The molecule has 2 aromatic carbocycles. The Hall–Kier alpha value is -2.68. The molecule has 0 atom stereocenters. The van der Waals surface area contributed by atoms with Crippen LogP contribution in [0.3, 0.4) is 0 Å². The number of hydrogen-bond donors (Lipinski definition) is 0. The molecular weight excluding hydrogens is 500 g/mol. The van der Waals surface area contributed by atoms with Crippen LogP contribution in [-0.2, 0) is 32.2 Å². The van der Waals surface area contributed by atoms with Gasteiger partial charge < -0.3 is 18.9 Å². The average molecular weight is 547 g/mol. The van der Waals surface area contributed by atoms with Gasteiger partial charge in [0.15, 0.2) is 0 Å². The van der Waals surface area contributed by atoms with Crippen LogP contribution in [0, 0.1) is 23.7 Å². The Morgan fingerprint density at radius 2 is 0.950 bits per heavy atom. The lowest BCUT2D eigenvalue weighted by Gasteiger charge is -2.32. The highest BCUT2D eigenvalue weighted by molar-refractivity contribution is 5.15. The minimum Gasteiger partial charge on any atom is -0.374 e. The molecule has 0 bridgehead atoms. The third kappa shape index (κ3) is 13.6. The normalized spacial score (nSPS) is 14.7. The van der Waals surface area contributed by atoms with Gasteiger partial charge >= 0.3 is 0 Å². The van der Waals surface area contributed by atoms with Crippen molar-refractivity contribution >= 4 is 0 Å². The van der Waals surface area contributed by atoms with Crippen LogP contribution >= 0.6 is 0 Å². The summed E-state index contributed by atoms with van der Waals surface area (Å²) < 4.78 is 23.3. The van der Waals surface area contributed by atoms with E-state index >= 15 is 0 Å². The van der Waals surface area contributed by atoms with Crippen LogP contribution in [0.2, 0.25) is 0 Å². The average Bonchev–Trinajstić information content (AvgIpc) is 2.94. The Morgan fingerprint density at radius 1 is 0.575 bits per heavy atom. The molecule has 1 heterocycles. The van der Waals surface area contributed by atoms with Gasteiger partial charge in [-0.15, -0.1) is 0 Å². The van der Waals surface area contributed by atoms with Crippen molar-refractivity contribution < 1.29 is 18.9 Å². The molecule has 3 rings (SSSR count). The molecule has 0 aromatic heterocycles. The van der Waals surface area contributed by atoms with Crippen LogP contribution in [0.15, 0.2) is 60.7 Å². The van der Waals surface area contributed by atoms with Crippen LogP contribution < -0.4 is 0 Å². The summed E-state index contributed by atoms with van der Waals surface area (Å²) >= 11 is 0. The van der Waals surface area contributed by atoms with Gasteiger partial charge in [0.2, 0.25) is 0 Å². The molecular formula is C34H46N2O4. The Balaban J connectivity index is 1.24. The first-order valence-corrected chi connectivity index (χ1v) is 14.3. The molecule has 0 N–H and O–H groups in total. The SMILES string of the molecule is CC(C)(C#CCN1CCN(CC#CC(C)(C)OCCOCc2ccccc2)CC1)OCCOCc1ccccc1. The Morgan fingerprint density at radius 3 is 1.32 bits per heavy atom. The standard InChI is InChI=1S/C34H46N2O4/c1-33(2,39-27-25-37-29-31-13-7-5-8-14-31)17-11-19-35-21-23-36(24-22-35)20-12-18-34(3,4)40-28-26-38-30-32-15-9-6-10-16-32/h5-10,13-16H,19-30H2,1-4H3. The minimum atomic E-state index is -0.490. The number of nitrogens with zero attached hydrogens (tertiary/aromatic N) is 2. The van der Waals surface area contributed by atoms with Gasteiger partial charge in [0.1, 0.15) is 11.2 Å². The largest absolute Gasteiger partial charge is 0.374 e. The van der Waals surface area contributed by atoms with Gasteiger partial charge in [-0.2, -0.15) is 0 Å². The molecule has 1 fully saturated rings. The summed E-state index contributed by atoms with van der Waals surface area (Å²) in [5, 5.41) is 0. The topological polar surface area (TPSA) is 43.4 Å². The third-order valence-electron chi connectivity index (χ3n) is 6.45. The van der Waals surface area contributed by atoms with Crippen molar-refractivity contribution in [2.24, 2.45) is 0 Å². The number of rotatable bonds is 14. The second kappa shape index (κ2) is 17.2. The Bertz CT molecular complexity index is 999. The van der Waals surface area contributed by atoms with Gasteiger partial charge in [0.05, 0.1) is 52.7 Å². The van der Waals surface area contributed by atoms with E-state index in [2.05, 4.69) is 57.7 Å². The van der Waals surface area contributed by atoms with Gasteiger partial charge in [-0.3, -0.25) is 9.80 Å². The maximum absolute atomic E-state index is 5.94. The maximum atomic E-state index is 5.94. The van der Waals surface area contributed by atoms with Crippen LogP contribution in [-0.4, -0.2) is 86.7 Å². The van der Waals surface area contributed by atoms with Crippen LogP contribution in [0.4, 0.5) is 0 Å². The van der Waals surface area contributed by atoms with Crippen molar-refractivity contribution in [1.82, 2.24) is 9.80 Å². The first kappa shape index (κ1) is 31.8. The fourth-order valence-corrected chi connectivity index (χ4v) is 4.15. The molecule has 6 nitrogen and oxygen atoms in total. The van der Waals surface area contributed by atoms with Crippen LogP contribution in [0.5, 0.6) is 0 Å². The first-order valence-electron chi connectivity index (χ1n) is 14.3. The zero-order chi connectivity index (χ0) is 28.5. The van der Waals surface area contributed by atoms with Crippen molar-refractivity contribution in [1.29, 1.82) is 0 Å². The van der Waals surface area contributed by atoms with E-state index in [1.807, 2.05) is 64.1 Å². The highest BCUT2D eigenvalue weighted by Crippen LogP contribution is 2.09. The predicted octanol–water partition coefficient (Wildman–Crippen LogP) is 4.63. The van der Waals surface area contributed by atoms with Crippen molar-refractivity contribution in [2.45, 2.75) is 52.1 Å². The van der Waals surface area contributed by atoms with Crippen molar-refractivity contribution in [2.75, 3.05) is 65.7 Å². The Kier molecular flexibility index (Phi) is 13.7. The zero-order valence-electron chi connectivity index (χ0n) is 24.8. The molecule has 0 unspecified atom stereocenters. The minimum absolute atomic E-state index is 0.490. The summed E-state index contributed by atoms with van der Waals surface area (Å²) in [6.07, 6.45) is 0. The Labute approximate surface area is 241 Å². The van der Waals surface area contributed by atoms with E-state index in [1.165, 1.54) is 11.1 Å². The van der Waals surface area contributed by atoms with Crippen LogP contribution in [0.1, 0.15) is 38.8 Å². The fraction of sp³-hybridized carbons (Fsp3) is 0.529. The summed E-state index contributed by atoms with van der Waals surface area (Å²) in [6, 6.07) is 20.3. The van der Waals surface area contributed by atoms with E-state index in [1.54, 1.807) is 0 Å². The molecule has 1 aliphatic heterocycles. The lowest BCUT2D eigenvalue weighted by molar-refractivity contribution is -0.0173. The van der Waals surface area contributed by atoms with E-state index in [0.29, 0.717) is 39.6 Å². The van der Waals surface area contributed by atoms with Gasteiger partial charge in [0.25, 0.3) is 0 Å². The van der Waals surface area contributed by atoms with Crippen molar-refractivity contribution in [3.63, 3.8) is 0 Å². The maximum Gasteiger partial charge on any atom is 0.123 e. The zero-order valence-corrected chi connectivity index (χ0v) is 24.8. The van der Waals surface area contributed by atoms with E-state index in [9.17, 15) is 0 Å². The monoisotopic (exact) mass is 546 g/mol. The van der Waals surface area contributed by atoms with Gasteiger partial charge in [-0.1, -0.05) is 84.3 Å². The molecule has 216 valence electrons. The van der Waals surface area contributed by atoms with E-state index in [-0.39, 0.29) is 0 Å². The fourth-order valence-electron chi connectivity index (χ4n) is 4.15. The molecule has 0 spiro atoms. The molecule has 2 aromatic rings.